The number of rotatable bonds is 5. The summed E-state index contributed by atoms with van der Waals surface area (Å²) in [6.45, 7) is 0. The highest BCUT2D eigenvalue weighted by Gasteiger charge is 2.10. The molecule has 0 saturated carbocycles. The molecule has 20 heavy (non-hydrogen) atoms. The molecule has 0 aliphatic rings. The van der Waals surface area contributed by atoms with Crippen LogP contribution in [0.15, 0.2) is 47.4 Å². The van der Waals surface area contributed by atoms with Gasteiger partial charge in [0.2, 0.25) is 0 Å². The Kier molecular flexibility index (Phi) is 4.63. The maximum atomic E-state index is 12.4. The molecular formula is C15H17NO3S. The van der Waals surface area contributed by atoms with Gasteiger partial charge in [-0.1, -0.05) is 6.07 Å². The Bertz CT molecular complexity index is 628. The summed E-state index contributed by atoms with van der Waals surface area (Å²) in [4.78, 5) is 0.717. The first kappa shape index (κ1) is 14.4. The molecular weight excluding hydrogens is 274 g/mol. The first-order chi connectivity index (χ1) is 9.63. The molecule has 0 fully saturated rings. The van der Waals surface area contributed by atoms with E-state index in [0.717, 1.165) is 5.56 Å². The number of ether oxygens (including phenoxy) is 2. The third-order valence-corrected chi connectivity index (χ3v) is 4.25. The Morgan fingerprint density at radius 2 is 1.90 bits per heavy atom. The molecule has 0 aliphatic carbocycles. The lowest BCUT2D eigenvalue weighted by molar-refractivity contribution is 0.411. The van der Waals surface area contributed by atoms with Crippen molar-refractivity contribution in [3.8, 4) is 11.5 Å². The zero-order valence-electron chi connectivity index (χ0n) is 11.5. The van der Waals surface area contributed by atoms with Crippen LogP contribution >= 0.6 is 0 Å². The fraction of sp³-hybridized carbons (Fsp3) is 0.200. The zero-order valence-corrected chi connectivity index (χ0v) is 12.3. The molecule has 2 N–H and O–H groups in total. The van der Waals surface area contributed by atoms with Gasteiger partial charge in [-0.15, -0.1) is 0 Å². The van der Waals surface area contributed by atoms with Crippen molar-refractivity contribution in [2.45, 2.75) is 10.6 Å². The van der Waals surface area contributed by atoms with Gasteiger partial charge in [0.25, 0.3) is 0 Å². The highest BCUT2D eigenvalue weighted by atomic mass is 32.2. The summed E-state index contributed by atoms with van der Waals surface area (Å²) in [5.41, 5.74) is 7.22. The first-order valence-electron chi connectivity index (χ1n) is 6.09. The normalized spacial score (nSPS) is 11.9. The van der Waals surface area contributed by atoms with Gasteiger partial charge in [-0.25, -0.2) is 0 Å². The van der Waals surface area contributed by atoms with E-state index in [2.05, 4.69) is 0 Å². The molecule has 5 heteroatoms. The molecule has 4 nitrogen and oxygen atoms in total. The Labute approximate surface area is 121 Å². The lowest BCUT2D eigenvalue weighted by Gasteiger charge is -2.10. The molecule has 106 valence electrons. The van der Waals surface area contributed by atoms with Gasteiger partial charge in [0.15, 0.2) is 0 Å². The molecule has 2 aromatic carbocycles. The van der Waals surface area contributed by atoms with Crippen LogP contribution in [0.5, 0.6) is 11.5 Å². The van der Waals surface area contributed by atoms with E-state index in [4.69, 9.17) is 15.2 Å². The number of nitrogens with two attached hydrogens (primary N) is 1. The molecule has 0 saturated heterocycles. The lowest BCUT2D eigenvalue weighted by atomic mass is 10.2. The van der Waals surface area contributed by atoms with Crippen LogP contribution in [0.2, 0.25) is 0 Å². The number of hydrogen-bond donors (Lipinski definition) is 1. The van der Waals surface area contributed by atoms with Crippen molar-refractivity contribution in [2.24, 2.45) is 0 Å². The van der Waals surface area contributed by atoms with E-state index in [-0.39, 0.29) is 0 Å². The minimum absolute atomic E-state index is 0.349. The summed E-state index contributed by atoms with van der Waals surface area (Å²) in [6.07, 6.45) is 0. The average Bonchev–Trinajstić information content (AvgIpc) is 2.47. The molecule has 0 heterocycles. The summed E-state index contributed by atoms with van der Waals surface area (Å²) in [5, 5.41) is 0. The molecule has 2 aromatic rings. The van der Waals surface area contributed by atoms with Gasteiger partial charge >= 0.3 is 0 Å². The smallest absolute Gasteiger partial charge is 0.123 e. The SMILES string of the molecule is COc1cccc(S(=O)Cc2cc(N)ccc2OC)c1. The second kappa shape index (κ2) is 6.43. The second-order valence-electron chi connectivity index (χ2n) is 4.24. The summed E-state index contributed by atoms with van der Waals surface area (Å²) in [6, 6.07) is 12.6. The van der Waals surface area contributed by atoms with Crippen molar-refractivity contribution in [2.75, 3.05) is 20.0 Å². The largest absolute Gasteiger partial charge is 0.497 e. The highest BCUT2D eigenvalue weighted by molar-refractivity contribution is 7.84. The van der Waals surface area contributed by atoms with Gasteiger partial charge in [0.05, 0.1) is 30.8 Å². The maximum absolute atomic E-state index is 12.4. The zero-order chi connectivity index (χ0) is 14.5. The lowest BCUT2D eigenvalue weighted by Crippen LogP contribution is -2.00. The van der Waals surface area contributed by atoms with E-state index in [0.29, 0.717) is 27.8 Å². The minimum Gasteiger partial charge on any atom is -0.497 e. The summed E-state index contributed by atoms with van der Waals surface area (Å²) < 4.78 is 22.8. The molecule has 2 rings (SSSR count). The van der Waals surface area contributed by atoms with Gasteiger partial charge in [-0.05, 0) is 36.4 Å². The highest BCUT2D eigenvalue weighted by Crippen LogP contribution is 2.25. The van der Waals surface area contributed by atoms with Gasteiger partial charge in [0, 0.05) is 16.1 Å². The quantitative estimate of drug-likeness (QED) is 0.860. The van der Waals surface area contributed by atoms with Crippen LogP contribution in [0, 0.1) is 0 Å². The van der Waals surface area contributed by atoms with Crippen molar-refractivity contribution >= 4 is 16.5 Å². The minimum atomic E-state index is -1.18. The van der Waals surface area contributed by atoms with Crippen LogP contribution in [0.25, 0.3) is 0 Å². The number of hydrogen-bond acceptors (Lipinski definition) is 4. The summed E-state index contributed by atoms with van der Waals surface area (Å²) >= 11 is 0. The third kappa shape index (κ3) is 3.30. The topological polar surface area (TPSA) is 61.5 Å². The molecule has 0 amide bonds. The molecule has 0 bridgehead atoms. The van der Waals surface area contributed by atoms with Crippen molar-refractivity contribution < 1.29 is 13.7 Å². The Morgan fingerprint density at radius 3 is 2.60 bits per heavy atom. The van der Waals surface area contributed by atoms with E-state index >= 15 is 0 Å². The molecule has 1 unspecified atom stereocenters. The van der Waals surface area contributed by atoms with E-state index in [1.165, 1.54) is 0 Å². The fourth-order valence-electron chi connectivity index (χ4n) is 1.88. The molecule has 0 aliphatic heterocycles. The van der Waals surface area contributed by atoms with Gasteiger partial charge in [0.1, 0.15) is 11.5 Å². The predicted molar refractivity (Wildman–Crippen MR) is 80.5 cm³/mol. The number of nitrogen functional groups attached to an aromatic ring is 1. The first-order valence-corrected chi connectivity index (χ1v) is 7.40. The van der Waals surface area contributed by atoms with Crippen LogP contribution in [0.3, 0.4) is 0 Å². The summed E-state index contributed by atoms with van der Waals surface area (Å²) in [5.74, 6) is 1.73. The monoisotopic (exact) mass is 291 g/mol. The standard InChI is InChI=1S/C15H17NO3S/c1-18-13-4-3-5-14(9-13)20(17)10-11-8-12(16)6-7-15(11)19-2/h3-9H,10,16H2,1-2H3. The Hall–Kier alpha value is -2.01. The molecule has 0 aromatic heterocycles. The van der Waals surface area contributed by atoms with Crippen molar-refractivity contribution in [3.05, 3.63) is 48.0 Å². The van der Waals surface area contributed by atoms with Crippen LogP contribution in [-0.2, 0) is 16.6 Å². The molecule has 0 spiro atoms. The predicted octanol–water partition coefficient (Wildman–Crippen LogP) is 2.59. The van der Waals surface area contributed by atoms with E-state index in [1.807, 2.05) is 18.2 Å². The fourth-order valence-corrected chi connectivity index (χ4v) is 3.03. The number of methoxy groups -OCH3 is 2. The number of benzene rings is 2. The summed E-state index contributed by atoms with van der Waals surface area (Å²) in [7, 11) is 1.99. The van der Waals surface area contributed by atoms with Gasteiger partial charge < -0.3 is 15.2 Å². The van der Waals surface area contributed by atoms with E-state index in [9.17, 15) is 4.21 Å². The molecule has 0 radical (unpaired) electrons. The van der Waals surface area contributed by atoms with Gasteiger partial charge in [-0.3, -0.25) is 4.21 Å². The van der Waals surface area contributed by atoms with Crippen LogP contribution < -0.4 is 15.2 Å². The second-order valence-corrected chi connectivity index (χ2v) is 5.69. The van der Waals surface area contributed by atoms with Crippen molar-refractivity contribution in [1.82, 2.24) is 0 Å². The number of anilines is 1. The van der Waals surface area contributed by atoms with Crippen molar-refractivity contribution in [1.29, 1.82) is 0 Å². The van der Waals surface area contributed by atoms with Crippen molar-refractivity contribution in [3.63, 3.8) is 0 Å². The van der Waals surface area contributed by atoms with Crippen LogP contribution in [-0.4, -0.2) is 18.4 Å². The van der Waals surface area contributed by atoms with E-state index in [1.54, 1.807) is 38.5 Å². The van der Waals surface area contributed by atoms with E-state index < -0.39 is 10.8 Å². The van der Waals surface area contributed by atoms with Crippen LogP contribution in [0.1, 0.15) is 5.56 Å². The third-order valence-electron chi connectivity index (χ3n) is 2.90. The van der Waals surface area contributed by atoms with Crippen LogP contribution in [0.4, 0.5) is 5.69 Å². The molecule has 1 atom stereocenters. The Balaban J connectivity index is 2.25. The average molecular weight is 291 g/mol. The maximum Gasteiger partial charge on any atom is 0.123 e. The van der Waals surface area contributed by atoms with Gasteiger partial charge in [-0.2, -0.15) is 0 Å². The Morgan fingerprint density at radius 1 is 1.10 bits per heavy atom.